The van der Waals surface area contributed by atoms with Crippen LogP contribution in [0.4, 0.5) is 0 Å². The van der Waals surface area contributed by atoms with Crippen molar-refractivity contribution in [2.75, 3.05) is 13.2 Å². The second kappa shape index (κ2) is 12.2. The van der Waals surface area contributed by atoms with Crippen molar-refractivity contribution in [2.24, 2.45) is 5.92 Å². The van der Waals surface area contributed by atoms with Gasteiger partial charge in [0.05, 0.1) is 19.6 Å². The Kier molecular flexibility index (Phi) is 10.0. The van der Waals surface area contributed by atoms with Crippen molar-refractivity contribution in [3.05, 3.63) is 66.2 Å². The third-order valence-corrected chi connectivity index (χ3v) is 3.20. The van der Waals surface area contributed by atoms with E-state index in [9.17, 15) is 4.79 Å². The third-order valence-electron chi connectivity index (χ3n) is 3.20. The van der Waals surface area contributed by atoms with Crippen LogP contribution in [0.15, 0.2) is 60.7 Å². The Labute approximate surface area is 145 Å². The first-order valence-electron chi connectivity index (χ1n) is 8.49. The minimum atomic E-state index is -0.137. The quantitative estimate of drug-likeness (QED) is 0.678. The van der Waals surface area contributed by atoms with E-state index >= 15 is 0 Å². The Bertz CT molecular complexity index is 550. The number of carbonyl (C=O) groups is 1. The van der Waals surface area contributed by atoms with Gasteiger partial charge in [-0.1, -0.05) is 62.4 Å². The molecule has 0 atom stereocenters. The minimum absolute atomic E-state index is 0.137. The summed E-state index contributed by atoms with van der Waals surface area (Å²) in [5.41, 5.74) is 1.01. The second-order valence-electron chi connectivity index (χ2n) is 5.81. The first-order valence-corrected chi connectivity index (χ1v) is 8.49. The Hall–Kier alpha value is -2.29. The Morgan fingerprint density at radius 3 is 2.08 bits per heavy atom. The number of para-hydroxylation sites is 1. The lowest BCUT2D eigenvalue weighted by Crippen LogP contribution is -2.10. The molecule has 0 saturated carbocycles. The molecular weight excluding hydrogens is 300 g/mol. The lowest BCUT2D eigenvalue weighted by Gasteiger charge is -2.06. The molecule has 0 aromatic heterocycles. The molecule has 3 nitrogen and oxygen atoms in total. The molecule has 2 aromatic rings. The summed E-state index contributed by atoms with van der Waals surface area (Å²) >= 11 is 0. The number of hydrogen-bond donors (Lipinski definition) is 0. The SMILES string of the molecule is CC(C)CCOC(=O)Cc1ccccc1.CCOc1ccccc1. The Balaban J connectivity index is 0.000000272. The van der Waals surface area contributed by atoms with Gasteiger partial charge < -0.3 is 9.47 Å². The van der Waals surface area contributed by atoms with Crippen LogP contribution >= 0.6 is 0 Å². The van der Waals surface area contributed by atoms with Crippen LogP contribution in [0.1, 0.15) is 32.8 Å². The van der Waals surface area contributed by atoms with Gasteiger partial charge in [-0.3, -0.25) is 4.79 Å². The van der Waals surface area contributed by atoms with Crippen LogP contribution in [0.2, 0.25) is 0 Å². The highest BCUT2D eigenvalue weighted by molar-refractivity contribution is 5.72. The van der Waals surface area contributed by atoms with E-state index < -0.39 is 0 Å². The van der Waals surface area contributed by atoms with Crippen LogP contribution < -0.4 is 4.74 Å². The minimum Gasteiger partial charge on any atom is -0.494 e. The summed E-state index contributed by atoms with van der Waals surface area (Å²) in [4.78, 5) is 11.4. The summed E-state index contributed by atoms with van der Waals surface area (Å²) in [5.74, 6) is 1.39. The number of hydrogen-bond acceptors (Lipinski definition) is 3. The standard InChI is InChI=1S/C13H18O2.C8H10O/c1-11(2)8-9-15-13(14)10-12-6-4-3-5-7-12;1-2-9-8-6-4-3-5-7-8/h3-7,11H,8-10H2,1-2H3;3-7H,2H2,1H3. The van der Waals surface area contributed by atoms with Crippen molar-refractivity contribution in [3.63, 3.8) is 0 Å². The predicted octanol–water partition coefficient (Wildman–Crippen LogP) is 4.90. The Morgan fingerprint density at radius 2 is 1.54 bits per heavy atom. The molecule has 0 unspecified atom stereocenters. The number of rotatable bonds is 7. The summed E-state index contributed by atoms with van der Waals surface area (Å²) in [7, 11) is 0. The Morgan fingerprint density at radius 1 is 0.958 bits per heavy atom. The van der Waals surface area contributed by atoms with Gasteiger partial charge in [-0.2, -0.15) is 0 Å². The highest BCUT2D eigenvalue weighted by Gasteiger charge is 2.04. The smallest absolute Gasteiger partial charge is 0.310 e. The van der Waals surface area contributed by atoms with Gasteiger partial charge in [-0.15, -0.1) is 0 Å². The van der Waals surface area contributed by atoms with Crippen LogP contribution in [0.5, 0.6) is 5.75 Å². The molecule has 0 spiro atoms. The maximum absolute atomic E-state index is 11.4. The zero-order valence-corrected chi connectivity index (χ0v) is 14.9. The molecule has 24 heavy (non-hydrogen) atoms. The molecule has 0 aliphatic heterocycles. The molecule has 0 fully saturated rings. The zero-order chi connectivity index (χ0) is 17.6. The van der Waals surface area contributed by atoms with E-state index in [1.54, 1.807) is 0 Å². The second-order valence-corrected chi connectivity index (χ2v) is 5.81. The first-order chi connectivity index (χ1) is 11.6. The molecular formula is C21H28O3. The molecule has 0 saturated heterocycles. The lowest BCUT2D eigenvalue weighted by molar-refractivity contribution is -0.143. The highest BCUT2D eigenvalue weighted by atomic mass is 16.5. The van der Waals surface area contributed by atoms with Gasteiger partial charge in [-0.25, -0.2) is 0 Å². The molecule has 0 aliphatic rings. The molecule has 0 radical (unpaired) electrons. The van der Waals surface area contributed by atoms with Crippen molar-refractivity contribution in [3.8, 4) is 5.75 Å². The van der Waals surface area contributed by atoms with Gasteiger partial charge >= 0.3 is 5.97 Å². The van der Waals surface area contributed by atoms with E-state index in [1.165, 1.54) is 0 Å². The summed E-state index contributed by atoms with van der Waals surface area (Å²) in [5, 5.41) is 0. The largest absolute Gasteiger partial charge is 0.494 e. The monoisotopic (exact) mass is 328 g/mol. The van der Waals surface area contributed by atoms with E-state index in [1.807, 2.05) is 67.6 Å². The fourth-order valence-corrected chi connectivity index (χ4v) is 1.91. The number of carbonyl (C=O) groups excluding carboxylic acids is 1. The van der Waals surface area contributed by atoms with E-state index in [2.05, 4.69) is 13.8 Å². The van der Waals surface area contributed by atoms with Crippen LogP contribution in [-0.2, 0) is 16.0 Å². The average Bonchev–Trinajstić information content (AvgIpc) is 2.57. The van der Waals surface area contributed by atoms with Crippen molar-refractivity contribution in [1.82, 2.24) is 0 Å². The number of benzene rings is 2. The van der Waals surface area contributed by atoms with E-state index in [4.69, 9.17) is 9.47 Å². The maximum atomic E-state index is 11.4. The summed E-state index contributed by atoms with van der Waals surface area (Å²) in [6.07, 6.45) is 1.31. The number of ether oxygens (including phenoxy) is 2. The molecule has 2 rings (SSSR count). The van der Waals surface area contributed by atoms with Crippen molar-refractivity contribution >= 4 is 5.97 Å². The predicted molar refractivity (Wildman–Crippen MR) is 98.2 cm³/mol. The van der Waals surface area contributed by atoms with Crippen molar-refractivity contribution in [1.29, 1.82) is 0 Å². The molecule has 0 aliphatic carbocycles. The molecule has 0 amide bonds. The van der Waals surface area contributed by atoms with Gasteiger partial charge in [0.2, 0.25) is 0 Å². The summed E-state index contributed by atoms with van der Waals surface area (Å²) < 4.78 is 10.3. The van der Waals surface area contributed by atoms with Crippen molar-refractivity contribution in [2.45, 2.75) is 33.6 Å². The topological polar surface area (TPSA) is 35.5 Å². The summed E-state index contributed by atoms with van der Waals surface area (Å²) in [6.45, 7) is 7.48. The molecule has 0 bridgehead atoms. The van der Waals surface area contributed by atoms with Gasteiger partial charge in [-0.05, 0) is 37.0 Å². The first kappa shape index (κ1) is 19.8. The van der Waals surface area contributed by atoms with Gasteiger partial charge in [0.15, 0.2) is 0 Å². The van der Waals surface area contributed by atoms with Gasteiger partial charge in [0.25, 0.3) is 0 Å². The van der Waals surface area contributed by atoms with Gasteiger partial charge in [0, 0.05) is 0 Å². The lowest BCUT2D eigenvalue weighted by atomic mass is 10.1. The molecule has 3 heteroatoms. The molecule has 2 aromatic carbocycles. The average molecular weight is 328 g/mol. The number of esters is 1. The van der Waals surface area contributed by atoms with E-state index in [0.29, 0.717) is 18.9 Å². The fourth-order valence-electron chi connectivity index (χ4n) is 1.91. The molecule has 0 heterocycles. The molecule has 0 N–H and O–H groups in total. The maximum Gasteiger partial charge on any atom is 0.310 e. The van der Waals surface area contributed by atoms with Crippen LogP contribution in [0.3, 0.4) is 0 Å². The van der Waals surface area contributed by atoms with Gasteiger partial charge in [0.1, 0.15) is 5.75 Å². The van der Waals surface area contributed by atoms with Crippen LogP contribution in [-0.4, -0.2) is 19.2 Å². The zero-order valence-electron chi connectivity index (χ0n) is 14.9. The normalized spacial score (nSPS) is 9.83. The highest BCUT2D eigenvalue weighted by Crippen LogP contribution is 2.07. The van der Waals surface area contributed by atoms with E-state index in [-0.39, 0.29) is 5.97 Å². The van der Waals surface area contributed by atoms with Crippen molar-refractivity contribution < 1.29 is 14.3 Å². The molecule has 130 valence electrons. The fraction of sp³-hybridized carbons (Fsp3) is 0.381. The van der Waals surface area contributed by atoms with Crippen LogP contribution in [0.25, 0.3) is 0 Å². The van der Waals surface area contributed by atoms with E-state index in [0.717, 1.165) is 24.3 Å². The van der Waals surface area contributed by atoms with Crippen LogP contribution in [0, 0.1) is 5.92 Å². The summed E-state index contributed by atoms with van der Waals surface area (Å²) in [6, 6.07) is 19.5. The third kappa shape index (κ3) is 9.67.